The maximum atomic E-state index is 14.0. The van der Waals surface area contributed by atoms with Crippen LogP contribution in [0.25, 0.3) is 22.5 Å². The van der Waals surface area contributed by atoms with Crippen LogP contribution in [0.4, 0.5) is 26.8 Å². The Morgan fingerprint density at radius 1 is 0.880 bits per heavy atom. The molecule has 0 aliphatic carbocycles. The average Bonchev–Trinajstić information content (AvgIpc) is 3.74. The van der Waals surface area contributed by atoms with E-state index < -0.39 is 23.4 Å². The zero-order valence-corrected chi connectivity index (χ0v) is 29.4. The number of anilines is 3. The lowest BCUT2D eigenvalue weighted by atomic mass is 10.1. The lowest BCUT2D eigenvalue weighted by Gasteiger charge is -2.28. The number of ether oxygens (including phenoxy) is 3. The van der Waals surface area contributed by atoms with E-state index in [0.717, 1.165) is 32.6 Å². The van der Waals surface area contributed by atoms with Gasteiger partial charge in [-0.2, -0.15) is 9.78 Å². The minimum atomic E-state index is -0.770. The first kappa shape index (κ1) is 34.3. The van der Waals surface area contributed by atoms with E-state index in [1.54, 1.807) is 45.3 Å². The summed E-state index contributed by atoms with van der Waals surface area (Å²) in [5.41, 5.74) is 5.84. The molecule has 0 saturated carbocycles. The van der Waals surface area contributed by atoms with Crippen LogP contribution in [0, 0.1) is 6.92 Å². The van der Waals surface area contributed by atoms with Gasteiger partial charge >= 0.3 is 12.2 Å². The summed E-state index contributed by atoms with van der Waals surface area (Å²) in [6.45, 7) is 14.0. The molecule has 0 bridgehead atoms. The molecule has 12 heteroatoms. The second kappa shape index (κ2) is 13.7. The van der Waals surface area contributed by atoms with E-state index in [-0.39, 0.29) is 6.61 Å². The van der Waals surface area contributed by atoms with E-state index in [1.165, 1.54) is 4.90 Å². The number of carbonyl (C=O) groups is 2. The highest BCUT2D eigenvalue weighted by atomic mass is 16.6. The largest absolute Gasteiger partial charge is 0.443 e. The Kier molecular flexibility index (Phi) is 9.39. The number of nitrogens with zero attached hydrogens (tertiary/aromatic N) is 6. The first-order valence-electron chi connectivity index (χ1n) is 16.4. The number of amides is 1. The Labute approximate surface area is 291 Å². The summed E-state index contributed by atoms with van der Waals surface area (Å²) in [7, 11) is 0. The molecule has 258 valence electrons. The van der Waals surface area contributed by atoms with Crippen molar-refractivity contribution in [3.8, 4) is 22.5 Å². The number of rotatable bonds is 7. The number of carbonyl (C=O) groups excluding carboxylic acids is 2. The van der Waals surface area contributed by atoms with E-state index in [4.69, 9.17) is 24.2 Å². The van der Waals surface area contributed by atoms with Gasteiger partial charge in [0.1, 0.15) is 11.2 Å². The lowest BCUT2D eigenvalue weighted by Crippen LogP contribution is -2.35. The van der Waals surface area contributed by atoms with Gasteiger partial charge in [0.15, 0.2) is 11.6 Å². The molecule has 12 nitrogen and oxygen atoms in total. The molecule has 5 aromatic rings. The zero-order chi connectivity index (χ0) is 35.6. The highest BCUT2D eigenvalue weighted by Gasteiger charge is 2.32. The maximum absolute atomic E-state index is 14.0. The Balaban J connectivity index is 1.34. The number of hydrogen-bond acceptors (Lipinski definition) is 10. The molecule has 0 saturated heterocycles. The van der Waals surface area contributed by atoms with E-state index in [2.05, 4.69) is 21.5 Å². The number of aryl methyl sites for hydroxylation is 1. The summed E-state index contributed by atoms with van der Waals surface area (Å²) < 4.78 is 18.3. The van der Waals surface area contributed by atoms with Crippen molar-refractivity contribution in [2.75, 3.05) is 10.2 Å². The van der Waals surface area contributed by atoms with Crippen LogP contribution in [-0.2, 0) is 34.0 Å². The third-order valence-electron chi connectivity index (χ3n) is 7.51. The van der Waals surface area contributed by atoms with Gasteiger partial charge < -0.3 is 19.5 Å². The smallest absolute Gasteiger partial charge is 0.435 e. The van der Waals surface area contributed by atoms with Crippen molar-refractivity contribution >= 4 is 29.4 Å². The van der Waals surface area contributed by atoms with E-state index >= 15 is 0 Å². The van der Waals surface area contributed by atoms with Gasteiger partial charge in [-0.3, -0.25) is 4.98 Å². The summed E-state index contributed by atoms with van der Waals surface area (Å²) in [6.07, 6.45) is 5.70. The van der Waals surface area contributed by atoms with E-state index in [9.17, 15) is 9.59 Å². The summed E-state index contributed by atoms with van der Waals surface area (Å²) in [5.74, 6) is 0.830. The fourth-order valence-corrected chi connectivity index (χ4v) is 5.34. The van der Waals surface area contributed by atoms with Crippen molar-refractivity contribution in [3.63, 3.8) is 0 Å². The predicted octanol–water partition coefficient (Wildman–Crippen LogP) is 8.21. The molecule has 0 spiro atoms. The molecule has 4 heterocycles. The Hall–Kier alpha value is -5.62. The molecular weight excluding hydrogens is 634 g/mol. The Morgan fingerprint density at radius 2 is 1.64 bits per heavy atom. The Bertz CT molecular complexity index is 2030. The van der Waals surface area contributed by atoms with Gasteiger partial charge in [-0.1, -0.05) is 30.3 Å². The minimum Gasteiger partial charge on any atom is -0.443 e. The number of fused-ring (bicyclic) bond motifs is 1. The van der Waals surface area contributed by atoms with Crippen LogP contribution in [0.5, 0.6) is 0 Å². The van der Waals surface area contributed by atoms with E-state index in [0.29, 0.717) is 47.3 Å². The topological polar surface area (TPSA) is 134 Å². The highest BCUT2D eigenvalue weighted by molar-refractivity contribution is 5.96. The second-order valence-corrected chi connectivity index (χ2v) is 14.1. The first-order chi connectivity index (χ1) is 23.7. The van der Waals surface area contributed by atoms with Gasteiger partial charge in [-0.05, 0) is 89.4 Å². The van der Waals surface area contributed by atoms with Crippen LogP contribution in [0.3, 0.4) is 0 Å². The monoisotopic (exact) mass is 675 g/mol. The second-order valence-electron chi connectivity index (χ2n) is 14.1. The molecule has 1 amide bonds. The van der Waals surface area contributed by atoms with Crippen molar-refractivity contribution in [2.24, 2.45) is 0 Å². The van der Waals surface area contributed by atoms with Crippen LogP contribution < -0.4 is 10.2 Å². The van der Waals surface area contributed by atoms with Gasteiger partial charge in [-0.25, -0.2) is 24.5 Å². The van der Waals surface area contributed by atoms with Crippen LogP contribution in [0.2, 0.25) is 0 Å². The summed E-state index contributed by atoms with van der Waals surface area (Å²) in [6, 6.07) is 17.2. The molecule has 0 radical (unpaired) electrons. The molecular formula is C38H41N7O5. The molecule has 1 aliphatic heterocycles. The van der Waals surface area contributed by atoms with Crippen LogP contribution in [-0.4, -0.2) is 48.1 Å². The molecule has 3 aromatic heterocycles. The van der Waals surface area contributed by atoms with Crippen molar-refractivity contribution < 1.29 is 23.8 Å². The molecule has 0 fully saturated rings. The highest BCUT2D eigenvalue weighted by Crippen LogP contribution is 2.36. The van der Waals surface area contributed by atoms with Gasteiger partial charge in [0.05, 0.1) is 30.8 Å². The first-order valence-corrected chi connectivity index (χ1v) is 16.4. The quantitative estimate of drug-likeness (QED) is 0.180. The number of aromatic nitrogens is 5. The zero-order valence-electron chi connectivity index (χ0n) is 29.4. The number of hydrogen-bond donors (Lipinski definition) is 1. The van der Waals surface area contributed by atoms with E-state index in [1.807, 2.05) is 76.5 Å². The fraction of sp³-hybridized carbons (Fsp3) is 0.316. The van der Waals surface area contributed by atoms with Gasteiger partial charge in [0.2, 0.25) is 0 Å². The molecule has 0 unspecified atom stereocenters. The number of pyridine rings is 1. The maximum Gasteiger partial charge on any atom is 0.435 e. The lowest BCUT2D eigenvalue weighted by molar-refractivity contribution is 0.0513. The third-order valence-corrected chi connectivity index (χ3v) is 7.51. The molecule has 2 aromatic carbocycles. The number of nitrogens with one attached hydrogen (secondary N) is 1. The summed E-state index contributed by atoms with van der Waals surface area (Å²) in [4.78, 5) is 42.1. The standard InChI is InChI=1S/C38H41N7O5/c1-24-15-25(18-39-17-24)19-40-29-10-8-9-27(16-29)33-42-32-23-48-22-31(32)34(43-33)45(36(47)50-38(5,6)7)30-13-11-26(12-14-30)28-20-41-44(21-28)35(46)49-37(2,3)4/h8-18,20-21,40H,19,22-23H2,1-7H3. The van der Waals surface area contributed by atoms with Crippen LogP contribution in [0.1, 0.15) is 63.9 Å². The van der Waals surface area contributed by atoms with Crippen molar-refractivity contribution in [1.29, 1.82) is 0 Å². The molecule has 0 atom stereocenters. The van der Waals surface area contributed by atoms with Crippen LogP contribution >= 0.6 is 0 Å². The normalized spacial score (nSPS) is 12.7. The fourth-order valence-electron chi connectivity index (χ4n) is 5.34. The van der Waals surface area contributed by atoms with Gasteiger partial charge in [-0.15, -0.1) is 0 Å². The molecule has 1 N–H and O–H groups in total. The predicted molar refractivity (Wildman–Crippen MR) is 190 cm³/mol. The summed E-state index contributed by atoms with van der Waals surface area (Å²) in [5, 5.41) is 7.64. The third kappa shape index (κ3) is 8.15. The average molecular weight is 676 g/mol. The minimum absolute atomic E-state index is 0.248. The van der Waals surface area contributed by atoms with Crippen molar-refractivity contribution in [3.05, 3.63) is 102 Å². The molecule has 1 aliphatic rings. The molecule has 50 heavy (non-hydrogen) atoms. The summed E-state index contributed by atoms with van der Waals surface area (Å²) >= 11 is 0. The van der Waals surface area contributed by atoms with Gasteiger partial charge in [0.25, 0.3) is 0 Å². The van der Waals surface area contributed by atoms with Crippen LogP contribution in [0.15, 0.2) is 79.4 Å². The van der Waals surface area contributed by atoms with Gasteiger partial charge in [0, 0.05) is 47.5 Å². The van der Waals surface area contributed by atoms with Crippen molar-refractivity contribution in [2.45, 2.75) is 79.4 Å². The SMILES string of the molecule is Cc1cncc(CNc2cccc(-c3nc4c(c(N(C(=O)OC(C)(C)C)c5ccc(-c6cnn(C(=O)OC(C)(C)C)c6)cc5)n3)COC4)c2)c1. The Morgan fingerprint density at radius 3 is 2.36 bits per heavy atom. The molecule has 6 rings (SSSR count). The number of benzene rings is 2. The van der Waals surface area contributed by atoms with Crippen molar-refractivity contribution in [1.82, 2.24) is 24.7 Å².